The van der Waals surface area contributed by atoms with Gasteiger partial charge in [-0.05, 0) is 31.2 Å². The Morgan fingerprint density at radius 2 is 2.00 bits per heavy atom. The molecule has 1 saturated carbocycles. The summed E-state index contributed by atoms with van der Waals surface area (Å²) in [5.74, 6) is 0.296. The summed E-state index contributed by atoms with van der Waals surface area (Å²) >= 11 is 0. The van der Waals surface area contributed by atoms with E-state index in [1.165, 1.54) is 6.26 Å². The van der Waals surface area contributed by atoms with E-state index in [-0.39, 0.29) is 5.41 Å². The van der Waals surface area contributed by atoms with Crippen molar-refractivity contribution in [3.63, 3.8) is 0 Å². The lowest BCUT2D eigenvalue weighted by molar-refractivity contribution is 0.499. The zero-order valence-electron chi connectivity index (χ0n) is 6.84. The molecular weight excluding hydrogens is 162 g/mol. The van der Waals surface area contributed by atoms with E-state index in [4.69, 9.17) is 5.73 Å². The smallest absolute Gasteiger partial charge is 0.147 e. The summed E-state index contributed by atoms with van der Waals surface area (Å²) in [6.07, 6.45) is 4.25. The molecule has 0 aliphatic heterocycles. The van der Waals surface area contributed by atoms with E-state index in [1.54, 1.807) is 0 Å². The first-order valence-electron chi connectivity index (χ1n) is 3.85. The van der Waals surface area contributed by atoms with Crippen LogP contribution < -0.4 is 5.73 Å². The lowest BCUT2D eigenvalue weighted by Gasteiger charge is -2.09. The predicted molar refractivity (Wildman–Crippen MR) is 45.0 cm³/mol. The molecular formula is C7H15NO2S. The van der Waals surface area contributed by atoms with Crippen LogP contribution in [0.1, 0.15) is 19.3 Å². The standard InChI is InChI=1S/C7H15NO2S/c1-11(9,10)5-4-7(6-8)2-3-7/h2-6,8H2,1H3. The molecule has 1 aliphatic carbocycles. The second-order valence-corrected chi connectivity index (χ2v) is 5.84. The largest absolute Gasteiger partial charge is 0.330 e. The molecule has 1 fully saturated rings. The van der Waals surface area contributed by atoms with E-state index < -0.39 is 9.84 Å². The molecule has 0 unspecified atom stereocenters. The minimum Gasteiger partial charge on any atom is -0.330 e. The van der Waals surface area contributed by atoms with Crippen LogP contribution >= 0.6 is 0 Å². The number of sulfone groups is 1. The Balaban J connectivity index is 2.33. The monoisotopic (exact) mass is 177 g/mol. The zero-order valence-corrected chi connectivity index (χ0v) is 7.65. The van der Waals surface area contributed by atoms with Gasteiger partial charge in [0.25, 0.3) is 0 Å². The van der Waals surface area contributed by atoms with Crippen LogP contribution in [0, 0.1) is 5.41 Å². The Morgan fingerprint density at radius 1 is 1.45 bits per heavy atom. The van der Waals surface area contributed by atoms with Crippen molar-refractivity contribution in [1.82, 2.24) is 0 Å². The van der Waals surface area contributed by atoms with Crippen molar-refractivity contribution in [3.05, 3.63) is 0 Å². The van der Waals surface area contributed by atoms with Crippen molar-refractivity contribution in [2.75, 3.05) is 18.6 Å². The van der Waals surface area contributed by atoms with Gasteiger partial charge >= 0.3 is 0 Å². The highest BCUT2D eigenvalue weighted by molar-refractivity contribution is 7.90. The molecule has 0 aromatic carbocycles. The molecule has 0 amide bonds. The fourth-order valence-corrected chi connectivity index (χ4v) is 1.94. The fourth-order valence-electron chi connectivity index (χ4n) is 1.13. The van der Waals surface area contributed by atoms with Gasteiger partial charge in [0, 0.05) is 6.26 Å². The van der Waals surface area contributed by atoms with Gasteiger partial charge in [-0.15, -0.1) is 0 Å². The number of hydrogen-bond donors (Lipinski definition) is 1. The summed E-state index contributed by atoms with van der Waals surface area (Å²) in [7, 11) is -2.78. The average Bonchev–Trinajstić information content (AvgIpc) is 2.63. The summed E-state index contributed by atoms with van der Waals surface area (Å²) in [6, 6.07) is 0. The Morgan fingerprint density at radius 3 is 2.27 bits per heavy atom. The van der Waals surface area contributed by atoms with E-state index in [0.717, 1.165) is 19.3 Å². The van der Waals surface area contributed by atoms with Gasteiger partial charge in [-0.3, -0.25) is 0 Å². The third-order valence-electron chi connectivity index (χ3n) is 2.39. The van der Waals surface area contributed by atoms with Gasteiger partial charge in [-0.1, -0.05) is 0 Å². The SMILES string of the molecule is CS(=O)(=O)CCC1(CN)CC1. The first-order chi connectivity index (χ1) is 4.97. The summed E-state index contributed by atoms with van der Waals surface area (Å²) in [5, 5.41) is 0. The topological polar surface area (TPSA) is 60.2 Å². The van der Waals surface area contributed by atoms with Crippen LogP contribution in [0.5, 0.6) is 0 Å². The number of nitrogens with two attached hydrogens (primary N) is 1. The average molecular weight is 177 g/mol. The van der Waals surface area contributed by atoms with Gasteiger partial charge in [0.15, 0.2) is 0 Å². The molecule has 0 aromatic heterocycles. The van der Waals surface area contributed by atoms with Gasteiger partial charge in [-0.2, -0.15) is 0 Å². The molecule has 3 nitrogen and oxygen atoms in total. The van der Waals surface area contributed by atoms with E-state index in [2.05, 4.69) is 0 Å². The fraction of sp³-hybridized carbons (Fsp3) is 1.00. The normalized spacial score (nSPS) is 21.6. The van der Waals surface area contributed by atoms with Crippen LogP contribution in [-0.2, 0) is 9.84 Å². The molecule has 0 heterocycles. The molecule has 0 aromatic rings. The van der Waals surface area contributed by atoms with Crippen LogP contribution in [0.15, 0.2) is 0 Å². The van der Waals surface area contributed by atoms with E-state index in [0.29, 0.717) is 12.3 Å². The maximum Gasteiger partial charge on any atom is 0.147 e. The first kappa shape index (κ1) is 9.00. The van der Waals surface area contributed by atoms with Crippen LogP contribution in [0.2, 0.25) is 0 Å². The third kappa shape index (κ3) is 2.79. The summed E-state index contributed by atoms with van der Waals surface area (Å²) < 4.78 is 21.6. The Labute approximate surface area is 67.9 Å². The van der Waals surface area contributed by atoms with Crippen molar-refractivity contribution in [1.29, 1.82) is 0 Å². The molecule has 0 spiro atoms. The van der Waals surface area contributed by atoms with Gasteiger partial charge in [-0.25, -0.2) is 8.42 Å². The molecule has 4 heteroatoms. The Bertz CT molecular complexity index is 229. The van der Waals surface area contributed by atoms with Crippen molar-refractivity contribution in [2.45, 2.75) is 19.3 Å². The Hall–Kier alpha value is -0.0900. The number of rotatable bonds is 4. The van der Waals surface area contributed by atoms with Crippen molar-refractivity contribution >= 4 is 9.84 Å². The predicted octanol–water partition coefficient (Wildman–Crippen LogP) is 0.160. The van der Waals surface area contributed by atoms with E-state index in [9.17, 15) is 8.42 Å². The van der Waals surface area contributed by atoms with Crippen molar-refractivity contribution in [2.24, 2.45) is 11.1 Å². The lowest BCUT2D eigenvalue weighted by Crippen LogP contribution is -2.19. The molecule has 1 rings (SSSR count). The highest BCUT2D eigenvalue weighted by Crippen LogP contribution is 2.47. The maximum atomic E-state index is 10.8. The number of hydrogen-bond acceptors (Lipinski definition) is 3. The zero-order chi connectivity index (χ0) is 8.54. The van der Waals surface area contributed by atoms with Crippen LogP contribution in [0.3, 0.4) is 0 Å². The molecule has 1 aliphatic rings. The minimum atomic E-state index is -2.78. The van der Waals surface area contributed by atoms with Crippen LogP contribution in [-0.4, -0.2) is 27.0 Å². The molecule has 0 saturated heterocycles. The molecule has 0 radical (unpaired) electrons. The molecule has 2 N–H and O–H groups in total. The second kappa shape index (κ2) is 2.75. The van der Waals surface area contributed by atoms with Gasteiger partial charge in [0.1, 0.15) is 9.84 Å². The van der Waals surface area contributed by atoms with Crippen molar-refractivity contribution in [3.8, 4) is 0 Å². The van der Waals surface area contributed by atoms with Crippen LogP contribution in [0.4, 0.5) is 0 Å². The van der Waals surface area contributed by atoms with Crippen LogP contribution in [0.25, 0.3) is 0 Å². The minimum absolute atomic E-state index is 0.198. The quantitative estimate of drug-likeness (QED) is 0.665. The molecule has 66 valence electrons. The maximum absolute atomic E-state index is 10.8. The summed E-state index contributed by atoms with van der Waals surface area (Å²) in [6.45, 7) is 0.641. The molecule has 0 bridgehead atoms. The highest BCUT2D eigenvalue weighted by Gasteiger charge is 2.41. The van der Waals surface area contributed by atoms with E-state index >= 15 is 0 Å². The molecule has 11 heavy (non-hydrogen) atoms. The lowest BCUT2D eigenvalue weighted by atomic mass is 10.1. The van der Waals surface area contributed by atoms with Gasteiger partial charge < -0.3 is 5.73 Å². The summed E-state index contributed by atoms with van der Waals surface area (Å²) in [4.78, 5) is 0. The summed E-state index contributed by atoms with van der Waals surface area (Å²) in [5.41, 5.74) is 5.70. The molecule has 0 atom stereocenters. The Kier molecular flexibility index (Phi) is 2.25. The first-order valence-corrected chi connectivity index (χ1v) is 5.91. The van der Waals surface area contributed by atoms with Gasteiger partial charge in [0.2, 0.25) is 0 Å². The third-order valence-corrected chi connectivity index (χ3v) is 3.34. The van der Waals surface area contributed by atoms with Gasteiger partial charge in [0.05, 0.1) is 5.75 Å². The second-order valence-electron chi connectivity index (χ2n) is 3.58. The highest BCUT2D eigenvalue weighted by atomic mass is 32.2. The van der Waals surface area contributed by atoms with E-state index in [1.807, 2.05) is 0 Å². The van der Waals surface area contributed by atoms with Crippen molar-refractivity contribution < 1.29 is 8.42 Å².